The Labute approximate surface area is 84.9 Å². The first-order chi connectivity index (χ1) is 6.81. The van der Waals surface area contributed by atoms with Crippen LogP contribution in [-0.2, 0) is 0 Å². The van der Waals surface area contributed by atoms with E-state index in [2.05, 4.69) is 11.5 Å². The van der Waals surface area contributed by atoms with Gasteiger partial charge in [0.2, 0.25) is 0 Å². The van der Waals surface area contributed by atoms with Crippen LogP contribution in [0.25, 0.3) is 0 Å². The van der Waals surface area contributed by atoms with E-state index >= 15 is 0 Å². The molecule has 0 spiro atoms. The van der Waals surface area contributed by atoms with E-state index in [0.29, 0.717) is 6.04 Å². The Morgan fingerprint density at radius 1 is 1.36 bits per heavy atom. The molecule has 0 unspecified atom stereocenters. The van der Waals surface area contributed by atoms with Crippen LogP contribution in [0.3, 0.4) is 0 Å². The summed E-state index contributed by atoms with van der Waals surface area (Å²) in [5, 5.41) is 0. The molecule has 1 aliphatic carbocycles. The van der Waals surface area contributed by atoms with E-state index in [1.165, 1.54) is 25.7 Å². The lowest BCUT2D eigenvalue weighted by Crippen LogP contribution is -2.17. The van der Waals surface area contributed by atoms with Crippen LogP contribution < -0.4 is 0 Å². The van der Waals surface area contributed by atoms with Gasteiger partial charge in [0.1, 0.15) is 0 Å². The van der Waals surface area contributed by atoms with Crippen LogP contribution in [0.2, 0.25) is 0 Å². The maximum absolute atomic E-state index is 10.8. The summed E-state index contributed by atoms with van der Waals surface area (Å²) in [6.07, 6.45) is 8.01. The molecule has 0 N–H and O–H groups in total. The summed E-state index contributed by atoms with van der Waals surface area (Å²) >= 11 is 0. The Bertz CT molecular complexity index is 308. The Balaban J connectivity index is 2.11. The summed E-state index contributed by atoms with van der Waals surface area (Å²) in [6, 6.07) is 4.41. The van der Waals surface area contributed by atoms with Gasteiger partial charge in [-0.1, -0.05) is 6.92 Å². The fraction of sp³-hybridized carbons (Fsp3) is 0.583. The second-order valence-corrected chi connectivity index (χ2v) is 4.37. The van der Waals surface area contributed by atoms with Crippen molar-refractivity contribution in [2.75, 3.05) is 0 Å². The van der Waals surface area contributed by atoms with Crippen molar-refractivity contribution in [2.24, 2.45) is 5.92 Å². The van der Waals surface area contributed by atoms with Crippen LogP contribution in [0, 0.1) is 5.92 Å². The summed E-state index contributed by atoms with van der Waals surface area (Å²) in [5.41, 5.74) is 0.824. The van der Waals surface area contributed by atoms with Crippen LogP contribution in [0.1, 0.15) is 49.1 Å². The van der Waals surface area contributed by atoms with E-state index in [9.17, 15) is 4.79 Å². The lowest BCUT2D eigenvalue weighted by atomic mass is 9.87. The molecule has 0 atom stereocenters. The van der Waals surface area contributed by atoms with Crippen molar-refractivity contribution >= 4 is 6.29 Å². The van der Waals surface area contributed by atoms with Gasteiger partial charge < -0.3 is 4.57 Å². The van der Waals surface area contributed by atoms with Gasteiger partial charge in [0.05, 0.1) is 5.69 Å². The standard InChI is InChI=1S/C12H17NO/c1-10-4-6-11(7-5-10)13-8-2-3-12(13)9-14/h2-3,8-11H,4-7H2,1H3. The minimum Gasteiger partial charge on any atom is -0.342 e. The molecule has 0 radical (unpaired) electrons. The average Bonchev–Trinajstić information content (AvgIpc) is 2.67. The molecule has 1 aromatic rings. The summed E-state index contributed by atoms with van der Waals surface area (Å²) in [7, 11) is 0. The molecule has 1 heterocycles. The predicted octanol–water partition coefficient (Wildman–Crippen LogP) is 3.05. The number of aldehydes is 1. The van der Waals surface area contributed by atoms with Crippen LogP contribution in [0.4, 0.5) is 0 Å². The second-order valence-electron chi connectivity index (χ2n) is 4.37. The topological polar surface area (TPSA) is 22.0 Å². The molecule has 0 amide bonds. The maximum Gasteiger partial charge on any atom is 0.166 e. The van der Waals surface area contributed by atoms with Gasteiger partial charge in [-0.25, -0.2) is 0 Å². The Kier molecular flexibility index (Phi) is 2.71. The fourth-order valence-corrected chi connectivity index (χ4v) is 2.36. The van der Waals surface area contributed by atoms with Gasteiger partial charge in [0, 0.05) is 12.2 Å². The molecule has 1 saturated carbocycles. The summed E-state index contributed by atoms with van der Waals surface area (Å²) in [5.74, 6) is 0.862. The van der Waals surface area contributed by atoms with E-state index in [1.54, 1.807) is 0 Å². The largest absolute Gasteiger partial charge is 0.342 e. The zero-order chi connectivity index (χ0) is 9.97. The van der Waals surface area contributed by atoms with Gasteiger partial charge >= 0.3 is 0 Å². The average molecular weight is 191 g/mol. The van der Waals surface area contributed by atoms with Crippen LogP contribution in [-0.4, -0.2) is 10.9 Å². The SMILES string of the molecule is CC1CCC(n2cccc2C=O)CC1. The molecule has 0 bridgehead atoms. The highest BCUT2D eigenvalue weighted by molar-refractivity contribution is 5.72. The molecular weight excluding hydrogens is 174 g/mol. The zero-order valence-electron chi connectivity index (χ0n) is 8.65. The predicted molar refractivity (Wildman–Crippen MR) is 56.5 cm³/mol. The third kappa shape index (κ3) is 1.74. The molecule has 1 fully saturated rings. The van der Waals surface area contributed by atoms with E-state index in [0.717, 1.165) is 17.9 Å². The second kappa shape index (κ2) is 3.99. The van der Waals surface area contributed by atoms with E-state index < -0.39 is 0 Å². The van der Waals surface area contributed by atoms with Gasteiger partial charge in [-0.05, 0) is 43.7 Å². The number of rotatable bonds is 2. The van der Waals surface area contributed by atoms with Crippen LogP contribution in [0.5, 0.6) is 0 Å². The number of carbonyl (C=O) groups excluding carboxylic acids is 1. The molecule has 2 heteroatoms. The van der Waals surface area contributed by atoms with Gasteiger partial charge in [0.15, 0.2) is 6.29 Å². The summed E-state index contributed by atoms with van der Waals surface area (Å²) in [4.78, 5) is 10.8. The van der Waals surface area contributed by atoms with Gasteiger partial charge in [-0.3, -0.25) is 4.79 Å². The normalized spacial score (nSPS) is 27.5. The van der Waals surface area contributed by atoms with Crippen molar-refractivity contribution in [2.45, 2.75) is 38.6 Å². The monoisotopic (exact) mass is 191 g/mol. The Morgan fingerprint density at radius 3 is 2.71 bits per heavy atom. The Hall–Kier alpha value is -1.05. The highest BCUT2D eigenvalue weighted by Crippen LogP contribution is 2.32. The van der Waals surface area contributed by atoms with Crippen LogP contribution >= 0.6 is 0 Å². The number of hydrogen-bond donors (Lipinski definition) is 0. The van der Waals surface area contributed by atoms with Gasteiger partial charge in [0.25, 0.3) is 0 Å². The van der Waals surface area contributed by atoms with Crippen molar-refractivity contribution in [3.63, 3.8) is 0 Å². The van der Waals surface area contributed by atoms with Crippen molar-refractivity contribution in [1.82, 2.24) is 4.57 Å². The first kappa shape index (κ1) is 9.50. The number of carbonyl (C=O) groups is 1. The maximum atomic E-state index is 10.8. The fourth-order valence-electron chi connectivity index (χ4n) is 2.36. The van der Waals surface area contributed by atoms with E-state index in [4.69, 9.17) is 0 Å². The van der Waals surface area contributed by atoms with E-state index in [-0.39, 0.29) is 0 Å². The zero-order valence-corrected chi connectivity index (χ0v) is 8.65. The molecule has 76 valence electrons. The molecule has 1 aromatic heterocycles. The van der Waals surface area contributed by atoms with E-state index in [1.807, 2.05) is 18.3 Å². The molecule has 1 aliphatic rings. The Morgan fingerprint density at radius 2 is 2.07 bits per heavy atom. The van der Waals surface area contributed by atoms with Gasteiger partial charge in [-0.2, -0.15) is 0 Å². The quantitative estimate of drug-likeness (QED) is 0.658. The minimum atomic E-state index is 0.557. The van der Waals surface area contributed by atoms with Crippen LogP contribution in [0.15, 0.2) is 18.3 Å². The molecule has 2 rings (SSSR count). The summed E-state index contributed by atoms with van der Waals surface area (Å²) < 4.78 is 2.14. The first-order valence-corrected chi connectivity index (χ1v) is 5.43. The third-order valence-corrected chi connectivity index (χ3v) is 3.31. The lowest BCUT2D eigenvalue weighted by molar-refractivity contribution is 0.111. The third-order valence-electron chi connectivity index (χ3n) is 3.31. The molecule has 0 aromatic carbocycles. The van der Waals surface area contributed by atoms with Gasteiger partial charge in [-0.15, -0.1) is 0 Å². The molecule has 0 aliphatic heterocycles. The molecule has 0 saturated heterocycles. The number of aromatic nitrogens is 1. The highest BCUT2D eigenvalue weighted by Gasteiger charge is 2.20. The smallest absolute Gasteiger partial charge is 0.166 e. The number of hydrogen-bond acceptors (Lipinski definition) is 1. The highest BCUT2D eigenvalue weighted by atomic mass is 16.1. The molecule has 2 nitrogen and oxygen atoms in total. The minimum absolute atomic E-state index is 0.557. The van der Waals surface area contributed by atoms with Crippen molar-refractivity contribution in [1.29, 1.82) is 0 Å². The molecular formula is C12H17NO. The first-order valence-electron chi connectivity index (χ1n) is 5.43. The molecule has 14 heavy (non-hydrogen) atoms. The summed E-state index contributed by atoms with van der Waals surface area (Å²) in [6.45, 7) is 2.31. The van der Waals surface area contributed by atoms with Crippen molar-refractivity contribution in [3.05, 3.63) is 24.0 Å². The number of nitrogens with zero attached hydrogens (tertiary/aromatic N) is 1. The van der Waals surface area contributed by atoms with Crippen molar-refractivity contribution in [3.8, 4) is 0 Å². The lowest BCUT2D eigenvalue weighted by Gasteiger charge is -2.28. The van der Waals surface area contributed by atoms with Crippen molar-refractivity contribution < 1.29 is 4.79 Å².